The Hall–Kier alpha value is -2.63. The third kappa shape index (κ3) is 5.22. The minimum absolute atomic E-state index is 0.0193. The molecule has 2 heterocycles. The van der Waals surface area contributed by atoms with Crippen LogP contribution in [0.3, 0.4) is 0 Å². The molecule has 0 spiro atoms. The molecule has 2 aromatic rings. The number of aryl methyl sites for hydroxylation is 1. The Morgan fingerprint density at radius 3 is 2.69 bits per heavy atom. The third-order valence-corrected chi connectivity index (χ3v) is 6.68. The van der Waals surface area contributed by atoms with Gasteiger partial charge in [0.1, 0.15) is 11.9 Å². The van der Waals surface area contributed by atoms with E-state index in [2.05, 4.69) is 9.71 Å². The predicted molar refractivity (Wildman–Crippen MR) is 120 cm³/mol. The van der Waals surface area contributed by atoms with Gasteiger partial charge in [0.2, 0.25) is 0 Å². The monoisotopic (exact) mass is 465 g/mol. The summed E-state index contributed by atoms with van der Waals surface area (Å²) in [5, 5.41) is 9.59. The molecular formula is C21H31N5O5S. The van der Waals surface area contributed by atoms with Crippen molar-refractivity contribution in [2.45, 2.75) is 31.0 Å². The molecule has 0 unspecified atom stereocenters. The number of rotatable bonds is 7. The largest absolute Gasteiger partial charge is 0.488 e. The van der Waals surface area contributed by atoms with Crippen LogP contribution in [0.5, 0.6) is 5.75 Å². The molecule has 0 saturated carbocycles. The topological polar surface area (TPSA) is 117 Å². The second-order valence-electron chi connectivity index (χ2n) is 8.58. The molecule has 0 fully saturated rings. The van der Waals surface area contributed by atoms with Gasteiger partial charge in [0.05, 0.1) is 24.5 Å². The van der Waals surface area contributed by atoms with Crippen LogP contribution in [0.25, 0.3) is 0 Å². The van der Waals surface area contributed by atoms with Crippen LogP contribution in [-0.2, 0) is 17.1 Å². The van der Waals surface area contributed by atoms with Crippen molar-refractivity contribution in [2.24, 2.45) is 13.0 Å². The molecule has 3 atom stereocenters. The van der Waals surface area contributed by atoms with Gasteiger partial charge in [-0.2, -0.15) is 8.42 Å². The minimum Gasteiger partial charge on any atom is -0.488 e. The van der Waals surface area contributed by atoms with E-state index < -0.39 is 16.1 Å². The molecule has 0 radical (unpaired) electrons. The number of amides is 1. The highest BCUT2D eigenvalue weighted by molar-refractivity contribution is 7.92. The number of fused-ring (bicyclic) bond motifs is 1. The molecule has 176 valence electrons. The fourth-order valence-electron chi connectivity index (χ4n) is 3.60. The van der Waals surface area contributed by atoms with Gasteiger partial charge in [-0.1, -0.05) is 6.92 Å². The van der Waals surface area contributed by atoms with Crippen molar-refractivity contribution in [1.29, 1.82) is 0 Å². The average molecular weight is 466 g/mol. The average Bonchev–Trinajstić information content (AvgIpc) is 3.17. The van der Waals surface area contributed by atoms with Gasteiger partial charge in [-0.25, -0.2) is 4.98 Å². The van der Waals surface area contributed by atoms with Crippen molar-refractivity contribution in [3.63, 3.8) is 0 Å². The number of carbonyl (C=O) groups is 1. The zero-order valence-corrected chi connectivity index (χ0v) is 19.8. The van der Waals surface area contributed by atoms with E-state index in [1.54, 1.807) is 31.0 Å². The fraction of sp³-hybridized carbons (Fsp3) is 0.524. The van der Waals surface area contributed by atoms with Gasteiger partial charge in [-0.05, 0) is 39.2 Å². The maximum atomic E-state index is 13.4. The van der Waals surface area contributed by atoms with E-state index in [1.807, 2.05) is 25.9 Å². The van der Waals surface area contributed by atoms with Crippen molar-refractivity contribution in [2.75, 3.05) is 38.5 Å². The van der Waals surface area contributed by atoms with Crippen LogP contribution in [0, 0.1) is 5.92 Å². The minimum atomic E-state index is -3.92. The molecule has 0 aliphatic carbocycles. The first-order chi connectivity index (χ1) is 15.0. The molecule has 1 aromatic carbocycles. The number of ether oxygens (including phenoxy) is 1. The summed E-state index contributed by atoms with van der Waals surface area (Å²) in [4.78, 5) is 20.9. The summed E-state index contributed by atoms with van der Waals surface area (Å²) in [7, 11) is 1.66. The normalized spacial score (nSPS) is 20.3. The number of sulfonamides is 1. The van der Waals surface area contributed by atoms with Gasteiger partial charge in [0, 0.05) is 37.9 Å². The van der Waals surface area contributed by atoms with E-state index >= 15 is 0 Å². The number of aromatic nitrogens is 2. The highest BCUT2D eigenvalue weighted by Gasteiger charge is 2.33. The molecule has 1 aromatic heterocycles. The van der Waals surface area contributed by atoms with Gasteiger partial charge in [-0.3, -0.25) is 9.52 Å². The zero-order valence-electron chi connectivity index (χ0n) is 19.0. The van der Waals surface area contributed by atoms with Gasteiger partial charge in [0.25, 0.3) is 15.9 Å². The number of nitrogens with one attached hydrogen (secondary N) is 1. The van der Waals surface area contributed by atoms with Gasteiger partial charge in [-0.15, -0.1) is 0 Å². The van der Waals surface area contributed by atoms with Crippen molar-refractivity contribution in [1.82, 2.24) is 19.4 Å². The lowest BCUT2D eigenvalue weighted by Crippen LogP contribution is -2.49. The summed E-state index contributed by atoms with van der Waals surface area (Å²) in [6.45, 7) is 4.66. The van der Waals surface area contributed by atoms with E-state index in [0.29, 0.717) is 18.8 Å². The Kier molecular flexibility index (Phi) is 7.11. The first-order valence-electron chi connectivity index (χ1n) is 10.4. The van der Waals surface area contributed by atoms with E-state index in [4.69, 9.17) is 4.74 Å². The summed E-state index contributed by atoms with van der Waals surface area (Å²) in [5.41, 5.74) is 0.461. The summed E-state index contributed by atoms with van der Waals surface area (Å²) in [6.07, 6.45) is 2.59. The quantitative estimate of drug-likeness (QED) is 0.627. The maximum absolute atomic E-state index is 13.4. The van der Waals surface area contributed by atoms with Gasteiger partial charge in [0.15, 0.2) is 5.03 Å². The maximum Gasteiger partial charge on any atom is 0.280 e. The van der Waals surface area contributed by atoms with Crippen LogP contribution in [0.15, 0.2) is 35.7 Å². The van der Waals surface area contributed by atoms with E-state index in [9.17, 15) is 18.3 Å². The number of anilines is 1. The highest BCUT2D eigenvalue weighted by atomic mass is 32.2. The number of likely N-dealkylation sites (N-methyl/N-ethyl adjacent to an activating group) is 1. The molecule has 1 amide bonds. The summed E-state index contributed by atoms with van der Waals surface area (Å²) in [6, 6.07) is 4.24. The van der Waals surface area contributed by atoms with Crippen LogP contribution in [0.1, 0.15) is 24.2 Å². The lowest BCUT2D eigenvalue weighted by atomic mass is 9.99. The number of benzene rings is 1. The van der Waals surface area contributed by atoms with Crippen LogP contribution in [0.4, 0.5) is 5.69 Å². The number of hydrogen-bond acceptors (Lipinski definition) is 7. The summed E-state index contributed by atoms with van der Waals surface area (Å²) < 4.78 is 35.6. The fourth-order valence-corrected chi connectivity index (χ4v) is 4.63. The Labute approximate surface area is 188 Å². The molecule has 3 rings (SSSR count). The Bertz CT molecular complexity index is 1070. The molecule has 0 saturated heterocycles. The van der Waals surface area contributed by atoms with Gasteiger partial charge >= 0.3 is 0 Å². The van der Waals surface area contributed by atoms with Crippen molar-refractivity contribution in [3.8, 4) is 5.75 Å². The first-order valence-corrected chi connectivity index (χ1v) is 11.9. The Balaban J connectivity index is 2.00. The van der Waals surface area contributed by atoms with Crippen LogP contribution >= 0.6 is 0 Å². The number of carbonyl (C=O) groups excluding carboxylic acids is 1. The number of imidazole rings is 1. The molecule has 10 nitrogen and oxygen atoms in total. The smallest absolute Gasteiger partial charge is 0.280 e. The molecule has 32 heavy (non-hydrogen) atoms. The summed E-state index contributed by atoms with van der Waals surface area (Å²) in [5.74, 6) is 0.0748. The number of aliphatic hydroxyl groups is 1. The van der Waals surface area contributed by atoms with Crippen LogP contribution in [0.2, 0.25) is 0 Å². The molecule has 1 aliphatic rings. The SMILES string of the molecule is C[C@H]1CN([C@@H](C)CO)C(=O)c2cc(NS(=O)(=O)c3cn(C)cn3)ccc2O[C@@H]1CN(C)C. The lowest BCUT2D eigenvalue weighted by molar-refractivity contribution is 0.0363. The van der Waals surface area contributed by atoms with Crippen molar-refractivity contribution < 1.29 is 23.1 Å². The molecule has 2 N–H and O–H groups in total. The molecular weight excluding hydrogens is 434 g/mol. The van der Waals surface area contributed by atoms with Crippen LogP contribution in [-0.4, -0.2) is 84.7 Å². The first kappa shape index (κ1) is 24.0. The number of hydrogen-bond donors (Lipinski definition) is 2. The summed E-state index contributed by atoms with van der Waals surface area (Å²) >= 11 is 0. The van der Waals surface area contributed by atoms with E-state index in [0.717, 1.165) is 0 Å². The van der Waals surface area contributed by atoms with Gasteiger partial charge < -0.3 is 24.2 Å². The molecule has 0 bridgehead atoms. The molecule has 11 heteroatoms. The number of aliphatic hydroxyl groups excluding tert-OH is 1. The van der Waals surface area contributed by atoms with E-state index in [-0.39, 0.29) is 40.8 Å². The standard InChI is InChI=1S/C21H31N5O5S/c1-14-9-26(15(2)12-27)21(28)17-8-16(6-7-18(17)31-19(14)10-24(3)4)23-32(29,30)20-11-25(5)13-22-20/h6-8,11,13-15,19,23,27H,9-10,12H2,1-5H3/t14-,15-,19+/m0/s1. The van der Waals surface area contributed by atoms with Crippen LogP contribution < -0.4 is 9.46 Å². The van der Waals surface area contributed by atoms with E-state index in [1.165, 1.54) is 23.2 Å². The zero-order chi connectivity index (χ0) is 23.6. The second-order valence-corrected chi connectivity index (χ2v) is 10.2. The van der Waals surface area contributed by atoms with Crippen molar-refractivity contribution in [3.05, 3.63) is 36.3 Å². The highest BCUT2D eigenvalue weighted by Crippen LogP contribution is 2.31. The lowest BCUT2D eigenvalue weighted by Gasteiger charge is -2.37. The number of nitrogens with zero attached hydrogens (tertiary/aromatic N) is 4. The van der Waals surface area contributed by atoms with Crippen molar-refractivity contribution >= 4 is 21.6 Å². The Morgan fingerprint density at radius 1 is 1.38 bits per heavy atom. The predicted octanol–water partition coefficient (Wildman–Crippen LogP) is 1.00. The molecule has 1 aliphatic heterocycles. The third-order valence-electron chi connectivity index (χ3n) is 5.42. The Morgan fingerprint density at radius 2 is 2.09 bits per heavy atom. The second kappa shape index (κ2) is 9.47.